The normalized spacial score (nSPS) is 26.7. The van der Waals surface area contributed by atoms with Crippen LogP contribution in [-0.2, 0) is 4.74 Å². The highest BCUT2D eigenvalue weighted by Gasteiger charge is 2.43. The van der Waals surface area contributed by atoms with Crippen molar-refractivity contribution in [3.05, 3.63) is 29.8 Å². The molecule has 19 heavy (non-hydrogen) atoms. The van der Waals surface area contributed by atoms with Crippen molar-refractivity contribution in [1.29, 1.82) is 0 Å². The van der Waals surface area contributed by atoms with Crippen molar-refractivity contribution in [1.82, 2.24) is 0 Å². The van der Waals surface area contributed by atoms with E-state index >= 15 is 0 Å². The van der Waals surface area contributed by atoms with Gasteiger partial charge in [-0.3, -0.25) is 0 Å². The molecule has 3 nitrogen and oxygen atoms in total. The van der Waals surface area contributed by atoms with Gasteiger partial charge in [0, 0.05) is 24.4 Å². The SMILES string of the molecule is CC(N)c1ccccc1OC1CCOC2(CCC2)C1. The number of hydrogen-bond donors (Lipinski definition) is 1. The van der Waals surface area contributed by atoms with E-state index in [4.69, 9.17) is 15.2 Å². The van der Waals surface area contributed by atoms with Crippen LogP contribution in [0.4, 0.5) is 0 Å². The second kappa shape index (κ2) is 5.14. The summed E-state index contributed by atoms with van der Waals surface area (Å²) in [6.45, 7) is 2.82. The molecule has 0 aromatic heterocycles. The zero-order chi connectivity index (χ0) is 13.3. The number of benzene rings is 1. The Balaban J connectivity index is 1.71. The highest BCUT2D eigenvalue weighted by atomic mass is 16.5. The number of hydrogen-bond acceptors (Lipinski definition) is 3. The van der Waals surface area contributed by atoms with Gasteiger partial charge in [-0.15, -0.1) is 0 Å². The van der Waals surface area contributed by atoms with Gasteiger partial charge in [0.05, 0.1) is 12.2 Å². The Morgan fingerprint density at radius 2 is 2.16 bits per heavy atom. The first-order chi connectivity index (χ1) is 9.19. The average Bonchev–Trinajstić information content (AvgIpc) is 2.37. The van der Waals surface area contributed by atoms with Gasteiger partial charge < -0.3 is 15.2 Å². The van der Waals surface area contributed by atoms with Gasteiger partial charge in [0.15, 0.2) is 0 Å². The fourth-order valence-corrected chi connectivity index (χ4v) is 3.15. The van der Waals surface area contributed by atoms with E-state index in [2.05, 4.69) is 6.07 Å². The largest absolute Gasteiger partial charge is 0.490 e. The summed E-state index contributed by atoms with van der Waals surface area (Å²) in [7, 11) is 0. The van der Waals surface area contributed by atoms with E-state index in [9.17, 15) is 0 Å². The molecule has 3 heteroatoms. The first-order valence-electron chi connectivity index (χ1n) is 7.34. The predicted molar refractivity (Wildman–Crippen MR) is 75.2 cm³/mol. The fourth-order valence-electron chi connectivity index (χ4n) is 3.15. The summed E-state index contributed by atoms with van der Waals surface area (Å²) in [6.07, 6.45) is 5.97. The first-order valence-corrected chi connectivity index (χ1v) is 7.34. The fraction of sp³-hybridized carbons (Fsp3) is 0.625. The third-order valence-electron chi connectivity index (χ3n) is 4.42. The second-order valence-corrected chi connectivity index (χ2v) is 5.94. The molecule has 1 spiro atoms. The van der Waals surface area contributed by atoms with Crippen molar-refractivity contribution >= 4 is 0 Å². The lowest BCUT2D eigenvalue weighted by molar-refractivity contribution is -0.153. The van der Waals surface area contributed by atoms with Crippen LogP contribution in [-0.4, -0.2) is 18.3 Å². The molecule has 0 bridgehead atoms. The zero-order valence-electron chi connectivity index (χ0n) is 11.6. The quantitative estimate of drug-likeness (QED) is 0.908. The van der Waals surface area contributed by atoms with Crippen molar-refractivity contribution in [2.75, 3.05) is 6.61 Å². The molecule has 0 amide bonds. The number of ether oxygens (including phenoxy) is 2. The summed E-state index contributed by atoms with van der Waals surface area (Å²) in [4.78, 5) is 0. The lowest BCUT2D eigenvalue weighted by Crippen LogP contribution is -2.48. The molecule has 2 aliphatic rings. The van der Waals surface area contributed by atoms with Gasteiger partial charge in [0.25, 0.3) is 0 Å². The van der Waals surface area contributed by atoms with Crippen LogP contribution in [0.3, 0.4) is 0 Å². The van der Waals surface area contributed by atoms with Crippen LogP contribution < -0.4 is 10.5 Å². The van der Waals surface area contributed by atoms with Crippen LogP contribution in [0.15, 0.2) is 24.3 Å². The molecule has 2 atom stereocenters. The molecule has 1 heterocycles. The minimum atomic E-state index is 0.00806. The summed E-state index contributed by atoms with van der Waals surface area (Å²) in [6, 6.07) is 8.12. The highest BCUT2D eigenvalue weighted by molar-refractivity contribution is 5.35. The van der Waals surface area contributed by atoms with E-state index in [1.807, 2.05) is 25.1 Å². The summed E-state index contributed by atoms with van der Waals surface area (Å²) in [5, 5.41) is 0. The molecule has 1 saturated carbocycles. The van der Waals surface area contributed by atoms with Gasteiger partial charge in [0.1, 0.15) is 11.9 Å². The number of para-hydroxylation sites is 1. The molecule has 104 valence electrons. The number of nitrogens with two attached hydrogens (primary N) is 1. The Morgan fingerprint density at radius 1 is 1.37 bits per heavy atom. The molecule has 1 aromatic carbocycles. The maximum atomic E-state index is 6.22. The third-order valence-corrected chi connectivity index (χ3v) is 4.42. The van der Waals surface area contributed by atoms with Gasteiger partial charge in [-0.1, -0.05) is 18.2 Å². The lowest BCUT2D eigenvalue weighted by Gasteiger charge is -2.47. The molecule has 1 aliphatic heterocycles. The summed E-state index contributed by atoms with van der Waals surface area (Å²) in [5.41, 5.74) is 7.23. The standard InChI is InChI=1S/C16H23NO2/c1-12(17)14-5-2-3-6-15(14)19-13-7-10-18-16(11-13)8-4-9-16/h2-3,5-6,12-13H,4,7-11,17H2,1H3. The van der Waals surface area contributed by atoms with Gasteiger partial charge >= 0.3 is 0 Å². The minimum Gasteiger partial charge on any atom is -0.490 e. The van der Waals surface area contributed by atoms with Gasteiger partial charge in [0.2, 0.25) is 0 Å². The molecule has 2 fully saturated rings. The Kier molecular flexibility index (Phi) is 3.50. The Bertz CT molecular complexity index is 440. The molecular weight excluding hydrogens is 238 g/mol. The number of rotatable bonds is 3. The molecule has 3 rings (SSSR count). The van der Waals surface area contributed by atoms with E-state index in [-0.39, 0.29) is 17.7 Å². The second-order valence-electron chi connectivity index (χ2n) is 5.94. The molecule has 0 radical (unpaired) electrons. The Hall–Kier alpha value is -1.06. The molecule has 1 aliphatic carbocycles. The Morgan fingerprint density at radius 3 is 2.84 bits per heavy atom. The van der Waals surface area contributed by atoms with Crippen LogP contribution in [0.25, 0.3) is 0 Å². The maximum Gasteiger partial charge on any atom is 0.124 e. The lowest BCUT2D eigenvalue weighted by atomic mass is 9.74. The molecule has 2 N–H and O–H groups in total. The van der Waals surface area contributed by atoms with Crippen molar-refractivity contribution < 1.29 is 9.47 Å². The van der Waals surface area contributed by atoms with Crippen LogP contribution in [0.5, 0.6) is 5.75 Å². The van der Waals surface area contributed by atoms with E-state index in [1.165, 1.54) is 19.3 Å². The summed E-state index contributed by atoms with van der Waals surface area (Å²) in [5.74, 6) is 0.943. The van der Waals surface area contributed by atoms with Crippen molar-refractivity contribution in [2.45, 2.75) is 56.8 Å². The van der Waals surface area contributed by atoms with E-state index < -0.39 is 0 Å². The van der Waals surface area contributed by atoms with Crippen LogP contribution >= 0.6 is 0 Å². The topological polar surface area (TPSA) is 44.5 Å². The molecule has 1 aromatic rings. The van der Waals surface area contributed by atoms with Gasteiger partial charge in [-0.2, -0.15) is 0 Å². The molecule has 2 unspecified atom stereocenters. The van der Waals surface area contributed by atoms with Crippen molar-refractivity contribution in [3.8, 4) is 5.75 Å². The van der Waals surface area contributed by atoms with Crippen LogP contribution in [0.2, 0.25) is 0 Å². The van der Waals surface area contributed by atoms with Gasteiger partial charge in [-0.25, -0.2) is 0 Å². The van der Waals surface area contributed by atoms with E-state index in [1.54, 1.807) is 0 Å². The van der Waals surface area contributed by atoms with Crippen molar-refractivity contribution in [3.63, 3.8) is 0 Å². The maximum absolute atomic E-state index is 6.22. The monoisotopic (exact) mass is 261 g/mol. The molecule has 1 saturated heterocycles. The Labute approximate surface area is 115 Å². The third kappa shape index (κ3) is 2.63. The van der Waals surface area contributed by atoms with E-state index in [0.717, 1.165) is 30.8 Å². The average molecular weight is 261 g/mol. The van der Waals surface area contributed by atoms with Crippen LogP contribution in [0, 0.1) is 0 Å². The summed E-state index contributed by atoms with van der Waals surface area (Å²) >= 11 is 0. The highest BCUT2D eigenvalue weighted by Crippen LogP contribution is 2.43. The van der Waals surface area contributed by atoms with Gasteiger partial charge in [-0.05, 0) is 32.3 Å². The molecular formula is C16H23NO2. The summed E-state index contributed by atoms with van der Waals surface area (Å²) < 4.78 is 12.2. The zero-order valence-corrected chi connectivity index (χ0v) is 11.6. The minimum absolute atomic E-state index is 0.00806. The first kappa shape index (κ1) is 12.9. The van der Waals surface area contributed by atoms with Crippen LogP contribution in [0.1, 0.15) is 50.6 Å². The van der Waals surface area contributed by atoms with Crippen molar-refractivity contribution in [2.24, 2.45) is 5.73 Å². The van der Waals surface area contributed by atoms with E-state index in [0.29, 0.717) is 0 Å². The predicted octanol–water partition coefficient (Wildman–Crippen LogP) is 3.19. The smallest absolute Gasteiger partial charge is 0.124 e.